The van der Waals surface area contributed by atoms with Crippen LogP contribution in [0, 0.1) is 6.92 Å². The molecular weight excluding hydrogens is 410 g/mol. The van der Waals surface area contributed by atoms with Gasteiger partial charge in [-0.1, -0.05) is 11.6 Å². The minimum Gasteiger partial charge on any atom is -0.497 e. The van der Waals surface area contributed by atoms with E-state index in [1.807, 2.05) is 0 Å². The van der Waals surface area contributed by atoms with Gasteiger partial charge in [-0.25, -0.2) is 0 Å². The molecule has 158 valence electrons. The molecule has 0 bridgehead atoms. The SMILES string of the molecule is COc1ccc2c(C(=O)c3ccc(Cl)cc3)c(C)n(CC(=O)OCC(O)CO)c2c1. The van der Waals surface area contributed by atoms with Crippen LogP contribution in [0.3, 0.4) is 0 Å². The lowest BCUT2D eigenvalue weighted by Crippen LogP contribution is -2.24. The number of nitrogens with zero attached hydrogens (tertiary/aromatic N) is 1. The Labute approximate surface area is 178 Å². The Kier molecular flexibility index (Phi) is 6.77. The largest absolute Gasteiger partial charge is 0.497 e. The van der Waals surface area contributed by atoms with Crippen LogP contribution < -0.4 is 4.74 Å². The molecule has 2 aromatic carbocycles. The number of esters is 1. The van der Waals surface area contributed by atoms with Crippen molar-refractivity contribution in [2.45, 2.75) is 19.6 Å². The van der Waals surface area contributed by atoms with Crippen molar-refractivity contribution >= 4 is 34.3 Å². The molecule has 0 aliphatic carbocycles. The monoisotopic (exact) mass is 431 g/mol. The number of aliphatic hydroxyl groups excluding tert-OH is 2. The molecular formula is C22H22ClNO6. The summed E-state index contributed by atoms with van der Waals surface area (Å²) in [7, 11) is 1.53. The van der Waals surface area contributed by atoms with Crippen LogP contribution in [0.5, 0.6) is 5.75 Å². The van der Waals surface area contributed by atoms with E-state index in [1.165, 1.54) is 7.11 Å². The standard InChI is InChI=1S/C22H22ClNO6/c1-13-21(22(28)14-3-5-15(23)6-4-14)18-8-7-17(29-2)9-19(18)24(13)10-20(27)30-12-16(26)11-25/h3-9,16,25-26H,10-12H2,1-2H3. The number of halogens is 1. The first kappa shape index (κ1) is 21.8. The van der Waals surface area contributed by atoms with Crippen LogP contribution >= 0.6 is 11.6 Å². The van der Waals surface area contributed by atoms with Gasteiger partial charge in [-0.05, 0) is 43.3 Å². The minimum absolute atomic E-state index is 0.165. The summed E-state index contributed by atoms with van der Waals surface area (Å²) in [4.78, 5) is 25.5. The maximum atomic E-state index is 13.2. The van der Waals surface area contributed by atoms with Crippen molar-refractivity contribution in [3.05, 3.63) is 64.3 Å². The van der Waals surface area contributed by atoms with Gasteiger partial charge in [0, 0.05) is 27.7 Å². The predicted octanol–water partition coefficient (Wildman–Crippen LogP) is 2.74. The van der Waals surface area contributed by atoms with Crippen molar-refractivity contribution in [2.24, 2.45) is 0 Å². The Bertz CT molecular complexity index is 1070. The summed E-state index contributed by atoms with van der Waals surface area (Å²) in [6.07, 6.45) is -1.14. The van der Waals surface area contributed by atoms with E-state index in [-0.39, 0.29) is 18.9 Å². The van der Waals surface area contributed by atoms with Crippen LogP contribution in [-0.4, -0.2) is 53.0 Å². The Morgan fingerprint density at radius 1 is 1.17 bits per heavy atom. The fourth-order valence-electron chi connectivity index (χ4n) is 3.24. The van der Waals surface area contributed by atoms with Crippen molar-refractivity contribution in [3.8, 4) is 5.75 Å². The van der Waals surface area contributed by atoms with Crippen LogP contribution in [0.4, 0.5) is 0 Å². The van der Waals surface area contributed by atoms with Gasteiger partial charge < -0.3 is 24.3 Å². The van der Waals surface area contributed by atoms with Gasteiger partial charge in [0.15, 0.2) is 5.78 Å². The normalized spacial score (nSPS) is 12.0. The molecule has 0 aliphatic rings. The van der Waals surface area contributed by atoms with Crippen LogP contribution in [0.1, 0.15) is 21.6 Å². The Morgan fingerprint density at radius 2 is 1.87 bits per heavy atom. The van der Waals surface area contributed by atoms with E-state index in [0.29, 0.717) is 38.5 Å². The summed E-state index contributed by atoms with van der Waals surface area (Å²) < 4.78 is 12.0. The molecule has 0 saturated carbocycles. The quantitative estimate of drug-likeness (QED) is 0.420. The van der Waals surface area contributed by atoms with E-state index in [2.05, 4.69) is 0 Å². The summed E-state index contributed by atoms with van der Waals surface area (Å²) in [6, 6.07) is 11.9. The number of carbonyl (C=O) groups is 2. The molecule has 1 aromatic heterocycles. The molecule has 0 fully saturated rings. The molecule has 0 radical (unpaired) electrons. The first-order valence-electron chi connectivity index (χ1n) is 9.27. The highest BCUT2D eigenvalue weighted by molar-refractivity contribution is 6.30. The second-order valence-electron chi connectivity index (χ2n) is 6.79. The summed E-state index contributed by atoms with van der Waals surface area (Å²) in [5.41, 5.74) is 2.19. The Morgan fingerprint density at radius 3 is 2.50 bits per heavy atom. The molecule has 3 rings (SSSR count). The summed E-state index contributed by atoms with van der Waals surface area (Å²) in [6.45, 7) is 0.774. The lowest BCUT2D eigenvalue weighted by Gasteiger charge is -2.11. The third kappa shape index (κ3) is 4.48. The predicted molar refractivity (Wildman–Crippen MR) is 112 cm³/mol. The number of fused-ring (bicyclic) bond motifs is 1. The zero-order valence-corrected chi connectivity index (χ0v) is 17.3. The molecule has 0 aliphatic heterocycles. The third-order valence-corrected chi connectivity index (χ3v) is 5.05. The molecule has 30 heavy (non-hydrogen) atoms. The molecule has 3 aromatic rings. The number of ketones is 1. The number of ether oxygens (including phenoxy) is 2. The fourth-order valence-corrected chi connectivity index (χ4v) is 3.36. The van der Waals surface area contributed by atoms with Crippen LogP contribution in [0.2, 0.25) is 5.02 Å². The topological polar surface area (TPSA) is 98.0 Å². The van der Waals surface area contributed by atoms with Gasteiger partial charge in [0.2, 0.25) is 0 Å². The Balaban J connectivity index is 2.04. The van der Waals surface area contributed by atoms with Gasteiger partial charge in [-0.2, -0.15) is 0 Å². The molecule has 1 unspecified atom stereocenters. The molecule has 0 amide bonds. The van der Waals surface area contributed by atoms with Gasteiger partial charge in [0.05, 0.1) is 24.8 Å². The van der Waals surface area contributed by atoms with Crippen molar-refractivity contribution < 1.29 is 29.3 Å². The smallest absolute Gasteiger partial charge is 0.326 e. The number of hydrogen-bond acceptors (Lipinski definition) is 6. The average molecular weight is 432 g/mol. The van der Waals surface area contributed by atoms with Gasteiger partial charge in [-0.15, -0.1) is 0 Å². The van der Waals surface area contributed by atoms with Crippen LogP contribution in [0.25, 0.3) is 10.9 Å². The van der Waals surface area contributed by atoms with E-state index >= 15 is 0 Å². The van der Waals surface area contributed by atoms with Gasteiger partial charge >= 0.3 is 5.97 Å². The van der Waals surface area contributed by atoms with E-state index < -0.39 is 18.7 Å². The molecule has 8 heteroatoms. The first-order valence-corrected chi connectivity index (χ1v) is 9.65. The number of aliphatic hydroxyl groups is 2. The van der Waals surface area contributed by atoms with E-state index in [4.69, 9.17) is 26.2 Å². The lowest BCUT2D eigenvalue weighted by atomic mass is 10.0. The second-order valence-corrected chi connectivity index (χ2v) is 7.22. The van der Waals surface area contributed by atoms with Crippen molar-refractivity contribution in [1.82, 2.24) is 4.57 Å². The molecule has 0 spiro atoms. The number of rotatable bonds is 8. The first-order chi connectivity index (χ1) is 14.3. The molecule has 7 nitrogen and oxygen atoms in total. The average Bonchev–Trinajstić information content (AvgIpc) is 3.02. The maximum absolute atomic E-state index is 13.2. The highest BCUT2D eigenvalue weighted by atomic mass is 35.5. The highest BCUT2D eigenvalue weighted by Gasteiger charge is 2.23. The molecule has 1 atom stereocenters. The summed E-state index contributed by atoms with van der Waals surface area (Å²) in [5.74, 6) is -0.214. The Hall–Kier alpha value is -2.87. The number of carbonyl (C=O) groups excluding carboxylic acids is 2. The third-order valence-electron chi connectivity index (χ3n) is 4.80. The van der Waals surface area contributed by atoms with Gasteiger partial charge in [-0.3, -0.25) is 9.59 Å². The minimum atomic E-state index is -1.14. The number of hydrogen-bond donors (Lipinski definition) is 2. The van der Waals surface area contributed by atoms with E-state index in [9.17, 15) is 14.7 Å². The maximum Gasteiger partial charge on any atom is 0.326 e. The number of aromatic nitrogens is 1. The fraction of sp³-hybridized carbons (Fsp3) is 0.273. The second kappa shape index (κ2) is 9.30. The lowest BCUT2D eigenvalue weighted by molar-refractivity contribution is -0.148. The number of methoxy groups -OCH3 is 1. The van der Waals surface area contributed by atoms with Crippen LogP contribution in [-0.2, 0) is 16.1 Å². The van der Waals surface area contributed by atoms with Crippen molar-refractivity contribution in [3.63, 3.8) is 0 Å². The van der Waals surface area contributed by atoms with Crippen molar-refractivity contribution in [1.29, 1.82) is 0 Å². The summed E-state index contributed by atoms with van der Waals surface area (Å²) in [5, 5.41) is 19.5. The van der Waals surface area contributed by atoms with Crippen molar-refractivity contribution in [2.75, 3.05) is 20.3 Å². The molecule has 2 N–H and O–H groups in total. The van der Waals surface area contributed by atoms with Gasteiger partial charge in [0.1, 0.15) is 25.0 Å². The zero-order chi connectivity index (χ0) is 21.8. The molecule has 1 heterocycles. The number of benzene rings is 2. The van der Waals surface area contributed by atoms with E-state index in [1.54, 1.807) is 54.0 Å². The molecule has 0 saturated heterocycles. The summed E-state index contributed by atoms with van der Waals surface area (Å²) >= 11 is 5.93. The zero-order valence-electron chi connectivity index (χ0n) is 16.6. The van der Waals surface area contributed by atoms with Crippen LogP contribution in [0.15, 0.2) is 42.5 Å². The highest BCUT2D eigenvalue weighted by Crippen LogP contribution is 2.31. The van der Waals surface area contributed by atoms with E-state index in [0.717, 1.165) is 0 Å². The van der Waals surface area contributed by atoms with Gasteiger partial charge in [0.25, 0.3) is 0 Å².